The Labute approximate surface area is 84.8 Å². The highest BCUT2D eigenvalue weighted by molar-refractivity contribution is 9.15. The average molecular weight is 238 g/mol. The lowest BCUT2D eigenvalue weighted by Gasteiger charge is -2.01. The lowest BCUT2D eigenvalue weighted by atomic mass is 10.1. The van der Waals surface area contributed by atoms with E-state index >= 15 is 0 Å². The molecule has 0 amide bonds. The van der Waals surface area contributed by atoms with E-state index in [1.165, 1.54) is 0 Å². The van der Waals surface area contributed by atoms with E-state index in [-0.39, 0.29) is 5.78 Å². The van der Waals surface area contributed by atoms with Crippen molar-refractivity contribution in [3.8, 4) is 0 Å². The highest BCUT2D eigenvalue weighted by Gasteiger charge is 2.14. The van der Waals surface area contributed by atoms with Crippen LogP contribution in [0.4, 0.5) is 0 Å². The number of carbonyl (C=O) groups is 1. The second-order valence-electron chi connectivity index (χ2n) is 3.03. The lowest BCUT2D eigenvalue weighted by molar-refractivity contribution is 0.101. The van der Waals surface area contributed by atoms with Gasteiger partial charge in [0.15, 0.2) is 5.78 Å². The number of nitrogens with zero attached hydrogens (tertiary/aromatic N) is 1. The molecular weight excluding hydrogens is 230 g/mol. The van der Waals surface area contributed by atoms with Gasteiger partial charge in [-0.05, 0) is 13.0 Å². The lowest BCUT2D eigenvalue weighted by Crippen LogP contribution is -1.97. The largest absolute Gasteiger partial charge is 0.294 e. The van der Waals surface area contributed by atoms with Crippen molar-refractivity contribution in [2.24, 2.45) is 0 Å². The summed E-state index contributed by atoms with van der Waals surface area (Å²) in [5.74, 6) is 0.0579. The molecule has 0 aliphatic heterocycles. The number of allylic oxidation sites excluding steroid dienone is 1. The molecule has 1 aliphatic carbocycles. The van der Waals surface area contributed by atoms with Gasteiger partial charge in [-0.3, -0.25) is 9.78 Å². The minimum absolute atomic E-state index is 0.0579. The smallest absolute Gasteiger partial charge is 0.161 e. The van der Waals surface area contributed by atoms with E-state index in [1.54, 1.807) is 13.1 Å². The van der Waals surface area contributed by atoms with Gasteiger partial charge in [0.25, 0.3) is 0 Å². The van der Waals surface area contributed by atoms with E-state index in [1.807, 2.05) is 6.07 Å². The summed E-state index contributed by atoms with van der Waals surface area (Å²) in [7, 11) is 0. The highest BCUT2D eigenvalue weighted by atomic mass is 79.9. The van der Waals surface area contributed by atoms with Crippen LogP contribution in [-0.2, 0) is 6.42 Å². The summed E-state index contributed by atoms with van der Waals surface area (Å²) in [4.78, 5) is 15.3. The number of aromatic nitrogens is 1. The van der Waals surface area contributed by atoms with Crippen molar-refractivity contribution in [1.29, 1.82) is 0 Å². The van der Waals surface area contributed by atoms with Gasteiger partial charge < -0.3 is 0 Å². The number of pyridine rings is 1. The van der Waals surface area contributed by atoms with Crippen LogP contribution in [0.2, 0.25) is 0 Å². The number of Topliss-reactive ketones (excluding diaryl/α,β-unsaturated/α-hetero) is 1. The molecule has 13 heavy (non-hydrogen) atoms. The van der Waals surface area contributed by atoms with E-state index in [9.17, 15) is 4.79 Å². The third-order valence-corrected chi connectivity index (χ3v) is 2.86. The molecule has 0 saturated carbocycles. The van der Waals surface area contributed by atoms with Crippen molar-refractivity contribution in [1.82, 2.24) is 4.98 Å². The predicted molar refractivity (Wildman–Crippen MR) is 54.8 cm³/mol. The van der Waals surface area contributed by atoms with Crippen molar-refractivity contribution >= 4 is 26.2 Å². The monoisotopic (exact) mass is 237 g/mol. The zero-order chi connectivity index (χ0) is 9.42. The molecule has 0 N–H and O–H groups in total. The Kier molecular flexibility index (Phi) is 2.04. The quantitative estimate of drug-likeness (QED) is 0.704. The van der Waals surface area contributed by atoms with Gasteiger partial charge in [-0.15, -0.1) is 0 Å². The van der Waals surface area contributed by atoms with Crippen LogP contribution in [0.1, 0.15) is 28.5 Å². The molecule has 2 rings (SSSR count). The van der Waals surface area contributed by atoms with E-state index in [2.05, 4.69) is 27.0 Å². The van der Waals surface area contributed by atoms with Crippen molar-refractivity contribution in [2.45, 2.75) is 13.3 Å². The molecule has 0 unspecified atom stereocenters. The van der Waals surface area contributed by atoms with Gasteiger partial charge in [-0.1, -0.05) is 22.0 Å². The fourth-order valence-electron chi connectivity index (χ4n) is 1.35. The summed E-state index contributed by atoms with van der Waals surface area (Å²) in [6.45, 7) is 1.55. The first-order valence-electron chi connectivity index (χ1n) is 4.04. The number of fused-ring (bicyclic) bond motifs is 1. The van der Waals surface area contributed by atoms with E-state index in [4.69, 9.17) is 0 Å². The molecule has 0 fully saturated rings. The number of ketones is 1. The van der Waals surface area contributed by atoms with Crippen LogP contribution in [0.25, 0.3) is 4.48 Å². The molecule has 1 aromatic rings. The average Bonchev–Trinajstić information content (AvgIpc) is 2.47. The zero-order valence-corrected chi connectivity index (χ0v) is 8.76. The molecule has 1 aliphatic rings. The van der Waals surface area contributed by atoms with E-state index < -0.39 is 0 Å². The molecule has 0 radical (unpaired) electrons. The van der Waals surface area contributed by atoms with Gasteiger partial charge in [0.1, 0.15) is 0 Å². The van der Waals surface area contributed by atoms with Crippen LogP contribution in [0.3, 0.4) is 0 Å². The maximum atomic E-state index is 11.1. The van der Waals surface area contributed by atoms with Gasteiger partial charge in [-0.2, -0.15) is 0 Å². The third-order valence-electron chi connectivity index (χ3n) is 2.11. The minimum Gasteiger partial charge on any atom is -0.294 e. The Hall–Kier alpha value is -0.960. The molecule has 0 atom stereocenters. The van der Waals surface area contributed by atoms with Crippen molar-refractivity contribution in [3.05, 3.63) is 35.2 Å². The zero-order valence-electron chi connectivity index (χ0n) is 7.17. The Balaban J connectivity index is 2.53. The molecule has 2 nitrogen and oxygen atoms in total. The number of rotatable bonds is 1. The number of carbonyl (C=O) groups excluding carboxylic acids is 1. The topological polar surface area (TPSA) is 30.0 Å². The predicted octanol–water partition coefficient (Wildman–Crippen LogP) is 2.58. The SMILES string of the molecule is CC(=O)c1cnc2c(c1)C(Br)=CC2. The maximum absolute atomic E-state index is 11.1. The summed E-state index contributed by atoms with van der Waals surface area (Å²) in [5.41, 5.74) is 2.76. The highest BCUT2D eigenvalue weighted by Crippen LogP contribution is 2.30. The Bertz CT molecular complexity index is 409. The first-order valence-corrected chi connectivity index (χ1v) is 4.83. The summed E-state index contributed by atoms with van der Waals surface area (Å²) in [5, 5.41) is 0. The van der Waals surface area contributed by atoms with Crippen molar-refractivity contribution in [3.63, 3.8) is 0 Å². The second-order valence-corrected chi connectivity index (χ2v) is 3.88. The van der Waals surface area contributed by atoms with Crippen LogP contribution in [0, 0.1) is 0 Å². The van der Waals surface area contributed by atoms with Crippen molar-refractivity contribution in [2.75, 3.05) is 0 Å². The fraction of sp³-hybridized carbons (Fsp3) is 0.200. The number of hydrogen-bond donors (Lipinski definition) is 0. The van der Waals surface area contributed by atoms with Crippen molar-refractivity contribution < 1.29 is 4.79 Å². The molecule has 0 spiro atoms. The van der Waals surface area contributed by atoms with Crippen LogP contribution in [0.5, 0.6) is 0 Å². The standard InChI is InChI=1S/C10H8BrNO/c1-6(13)7-4-8-9(11)2-3-10(8)12-5-7/h2,4-5H,3H2,1H3. The summed E-state index contributed by atoms with van der Waals surface area (Å²) in [6.07, 6.45) is 4.55. The van der Waals surface area contributed by atoms with Gasteiger partial charge in [-0.25, -0.2) is 0 Å². The molecule has 0 aromatic carbocycles. The minimum atomic E-state index is 0.0579. The Morgan fingerprint density at radius 1 is 1.62 bits per heavy atom. The molecule has 0 saturated heterocycles. The number of hydrogen-bond acceptors (Lipinski definition) is 2. The second kappa shape index (κ2) is 3.07. The Morgan fingerprint density at radius 3 is 3.08 bits per heavy atom. The summed E-state index contributed by atoms with van der Waals surface area (Å²) >= 11 is 3.43. The molecular formula is C10H8BrNO. The third kappa shape index (κ3) is 1.44. The Morgan fingerprint density at radius 2 is 2.38 bits per heavy atom. The van der Waals surface area contributed by atoms with Gasteiger partial charge in [0, 0.05) is 28.2 Å². The summed E-state index contributed by atoms with van der Waals surface area (Å²) in [6, 6.07) is 1.89. The molecule has 3 heteroatoms. The first-order chi connectivity index (χ1) is 6.18. The molecule has 66 valence electrons. The van der Waals surface area contributed by atoms with E-state index in [0.717, 1.165) is 22.2 Å². The van der Waals surface area contributed by atoms with E-state index in [0.29, 0.717) is 5.56 Å². The van der Waals surface area contributed by atoms with Crippen LogP contribution in [-0.4, -0.2) is 10.8 Å². The molecule has 1 heterocycles. The molecule has 1 aromatic heterocycles. The normalized spacial score (nSPS) is 13.8. The fourth-order valence-corrected chi connectivity index (χ4v) is 1.86. The van der Waals surface area contributed by atoms with Gasteiger partial charge in [0.2, 0.25) is 0 Å². The summed E-state index contributed by atoms with van der Waals surface area (Å²) < 4.78 is 1.04. The van der Waals surface area contributed by atoms with Gasteiger partial charge >= 0.3 is 0 Å². The van der Waals surface area contributed by atoms with Crippen LogP contribution >= 0.6 is 15.9 Å². The van der Waals surface area contributed by atoms with Crippen LogP contribution in [0.15, 0.2) is 18.3 Å². The van der Waals surface area contributed by atoms with Gasteiger partial charge in [0.05, 0.1) is 5.69 Å². The van der Waals surface area contributed by atoms with Crippen LogP contribution < -0.4 is 0 Å². The number of halogens is 1. The molecule has 0 bridgehead atoms. The maximum Gasteiger partial charge on any atom is 0.161 e. The first kappa shape index (κ1) is 8.63.